The maximum absolute atomic E-state index is 12.6. The molecule has 4 rings (SSSR count). The van der Waals surface area contributed by atoms with Crippen molar-refractivity contribution in [1.82, 2.24) is 9.99 Å². The van der Waals surface area contributed by atoms with Crippen LogP contribution >= 0.6 is 0 Å². The first-order valence-electron chi connectivity index (χ1n) is 9.86. The lowest BCUT2D eigenvalue weighted by Gasteiger charge is -2.09. The van der Waals surface area contributed by atoms with Crippen LogP contribution in [0.2, 0.25) is 0 Å². The lowest BCUT2D eigenvalue weighted by Crippen LogP contribution is -2.18. The normalized spacial score (nSPS) is 11.1. The van der Waals surface area contributed by atoms with Crippen LogP contribution < -0.4 is 5.43 Å². The van der Waals surface area contributed by atoms with Gasteiger partial charge in [-0.25, -0.2) is 5.43 Å². The Bertz CT molecular complexity index is 1300. The van der Waals surface area contributed by atoms with Crippen LogP contribution in [0.4, 0.5) is 5.69 Å². The summed E-state index contributed by atoms with van der Waals surface area (Å²) in [4.78, 5) is 23.0. The number of furan rings is 1. The molecule has 4 aromatic rings. The number of nitrogens with zero attached hydrogens (tertiary/aromatic N) is 3. The molecule has 2 aromatic carbocycles. The van der Waals surface area contributed by atoms with E-state index in [1.165, 1.54) is 18.3 Å². The highest BCUT2D eigenvalue weighted by molar-refractivity contribution is 5.96. The van der Waals surface area contributed by atoms with E-state index >= 15 is 0 Å². The number of nitrogens with one attached hydrogen (secondary N) is 1. The fraction of sp³-hybridized carbons (Fsp3) is 0.0833. The molecule has 2 aromatic heterocycles. The number of amides is 1. The quantitative estimate of drug-likeness (QED) is 0.264. The van der Waals surface area contributed by atoms with Gasteiger partial charge >= 0.3 is 0 Å². The second kappa shape index (κ2) is 8.73. The summed E-state index contributed by atoms with van der Waals surface area (Å²) in [5, 5.41) is 14.8. The molecule has 1 N–H and O–H groups in total. The van der Waals surface area contributed by atoms with Crippen LogP contribution in [-0.4, -0.2) is 21.6 Å². The minimum Gasteiger partial charge on any atom is -0.455 e. The van der Waals surface area contributed by atoms with Crippen LogP contribution in [0.1, 0.15) is 27.5 Å². The molecule has 0 atom stereocenters. The van der Waals surface area contributed by atoms with Gasteiger partial charge in [-0.05, 0) is 56.3 Å². The second-order valence-corrected chi connectivity index (χ2v) is 7.16. The molecular formula is C24H20N4O4. The van der Waals surface area contributed by atoms with Crippen molar-refractivity contribution in [3.8, 4) is 17.0 Å². The summed E-state index contributed by atoms with van der Waals surface area (Å²) in [6.07, 6.45) is 1.41. The monoisotopic (exact) mass is 428 g/mol. The van der Waals surface area contributed by atoms with E-state index in [0.717, 1.165) is 17.1 Å². The van der Waals surface area contributed by atoms with Crippen molar-refractivity contribution in [3.05, 3.63) is 106 Å². The summed E-state index contributed by atoms with van der Waals surface area (Å²) >= 11 is 0. The third kappa shape index (κ3) is 4.20. The Morgan fingerprint density at radius 3 is 2.47 bits per heavy atom. The highest BCUT2D eigenvalue weighted by Gasteiger charge is 2.16. The van der Waals surface area contributed by atoms with Gasteiger partial charge in [-0.3, -0.25) is 14.9 Å². The predicted molar refractivity (Wildman–Crippen MR) is 121 cm³/mol. The van der Waals surface area contributed by atoms with Crippen molar-refractivity contribution in [1.29, 1.82) is 0 Å². The Kier molecular flexibility index (Phi) is 5.67. The second-order valence-electron chi connectivity index (χ2n) is 7.16. The first-order chi connectivity index (χ1) is 15.4. The van der Waals surface area contributed by atoms with Gasteiger partial charge in [0.2, 0.25) is 0 Å². The molecular weight excluding hydrogens is 408 g/mol. The molecule has 0 bridgehead atoms. The Morgan fingerprint density at radius 2 is 1.78 bits per heavy atom. The summed E-state index contributed by atoms with van der Waals surface area (Å²) in [5.74, 6) is 0.658. The van der Waals surface area contributed by atoms with Crippen LogP contribution in [0.3, 0.4) is 0 Å². The topological polar surface area (TPSA) is 103 Å². The molecule has 0 aliphatic heterocycles. The predicted octanol–water partition coefficient (Wildman–Crippen LogP) is 5.03. The zero-order valence-corrected chi connectivity index (χ0v) is 17.5. The number of hydrogen-bond acceptors (Lipinski definition) is 5. The maximum atomic E-state index is 12.6. The molecule has 0 saturated heterocycles. The van der Waals surface area contributed by atoms with Crippen molar-refractivity contribution in [2.24, 2.45) is 5.10 Å². The van der Waals surface area contributed by atoms with E-state index in [1.54, 1.807) is 24.3 Å². The SMILES string of the molecule is Cc1cc(C(=O)N/N=C/c2ccc(-c3ccc([N+](=O)[O-])cc3)o2)c(C)n1-c1ccccc1. The van der Waals surface area contributed by atoms with Crippen LogP contribution in [0.5, 0.6) is 0 Å². The number of benzene rings is 2. The Labute approximate surface area is 184 Å². The van der Waals surface area contributed by atoms with Crippen LogP contribution in [0.25, 0.3) is 17.0 Å². The number of aryl methyl sites for hydroxylation is 1. The van der Waals surface area contributed by atoms with Crippen LogP contribution in [0, 0.1) is 24.0 Å². The Hall–Kier alpha value is -4.46. The zero-order valence-electron chi connectivity index (χ0n) is 17.5. The molecule has 160 valence electrons. The highest BCUT2D eigenvalue weighted by Crippen LogP contribution is 2.24. The molecule has 8 heteroatoms. The number of nitro benzene ring substituents is 1. The molecule has 1 amide bonds. The van der Waals surface area contributed by atoms with Crippen molar-refractivity contribution in [3.63, 3.8) is 0 Å². The smallest absolute Gasteiger partial charge is 0.273 e. The molecule has 32 heavy (non-hydrogen) atoms. The summed E-state index contributed by atoms with van der Waals surface area (Å²) in [5.41, 5.74) is 6.53. The molecule has 0 radical (unpaired) electrons. The number of carbonyl (C=O) groups is 1. The van der Waals surface area contributed by atoms with Gasteiger partial charge in [-0.15, -0.1) is 0 Å². The third-order valence-corrected chi connectivity index (χ3v) is 5.04. The molecule has 0 spiro atoms. The molecule has 0 aliphatic rings. The van der Waals surface area contributed by atoms with Gasteiger partial charge in [0.1, 0.15) is 11.5 Å². The van der Waals surface area contributed by atoms with Crippen LogP contribution in [-0.2, 0) is 0 Å². The van der Waals surface area contributed by atoms with Gasteiger partial charge < -0.3 is 8.98 Å². The minimum atomic E-state index is -0.454. The number of para-hydroxylation sites is 1. The zero-order chi connectivity index (χ0) is 22.7. The van der Waals surface area contributed by atoms with Gasteiger partial charge in [0.25, 0.3) is 11.6 Å². The van der Waals surface area contributed by atoms with Gasteiger partial charge in [0, 0.05) is 34.8 Å². The first-order valence-corrected chi connectivity index (χ1v) is 9.86. The van der Waals surface area contributed by atoms with Crippen molar-refractivity contribution < 1.29 is 14.1 Å². The molecule has 0 aliphatic carbocycles. The van der Waals surface area contributed by atoms with E-state index in [4.69, 9.17) is 4.42 Å². The maximum Gasteiger partial charge on any atom is 0.273 e. The molecule has 0 saturated carbocycles. The molecule has 8 nitrogen and oxygen atoms in total. The number of hydrogen-bond donors (Lipinski definition) is 1. The minimum absolute atomic E-state index is 0.0106. The lowest BCUT2D eigenvalue weighted by molar-refractivity contribution is -0.384. The summed E-state index contributed by atoms with van der Waals surface area (Å²) in [6, 6.07) is 21.1. The summed E-state index contributed by atoms with van der Waals surface area (Å²) in [6.45, 7) is 3.84. The van der Waals surface area contributed by atoms with Crippen molar-refractivity contribution in [2.45, 2.75) is 13.8 Å². The number of non-ortho nitro benzene ring substituents is 1. The Balaban J connectivity index is 1.45. The average Bonchev–Trinajstić information content (AvgIpc) is 3.38. The number of aromatic nitrogens is 1. The molecule has 2 heterocycles. The summed E-state index contributed by atoms with van der Waals surface area (Å²) in [7, 11) is 0. The van der Waals surface area contributed by atoms with Gasteiger partial charge in [0.05, 0.1) is 16.7 Å². The van der Waals surface area contributed by atoms with E-state index in [0.29, 0.717) is 22.6 Å². The number of hydrazone groups is 1. The largest absolute Gasteiger partial charge is 0.455 e. The van der Waals surface area contributed by atoms with E-state index in [9.17, 15) is 14.9 Å². The standard InChI is InChI=1S/C24H20N4O4/c1-16-14-22(17(2)27(16)19-6-4-3-5-7-19)24(29)26-25-15-21-12-13-23(32-21)18-8-10-20(11-9-18)28(30)31/h3-15H,1-2H3,(H,26,29)/b25-15+. The lowest BCUT2D eigenvalue weighted by atomic mass is 10.1. The van der Waals surface area contributed by atoms with Crippen molar-refractivity contribution in [2.75, 3.05) is 0 Å². The fourth-order valence-electron chi connectivity index (χ4n) is 3.51. The first kappa shape index (κ1) is 20.8. The van der Waals surface area contributed by atoms with Crippen molar-refractivity contribution >= 4 is 17.8 Å². The number of carbonyl (C=O) groups excluding carboxylic acids is 1. The van der Waals surface area contributed by atoms with Gasteiger partial charge in [0.15, 0.2) is 0 Å². The van der Waals surface area contributed by atoms with Crippen LogP contribution in [0.15, 0.2) is 82.3 Å². The third-order valence-electron chi connectivity index (χ3n) is 5.04. The van der Waals surface area contributed by atoms with E-state index < -0.39 is 4.92 Å². The average molecular weight is 428 g/mol. The number of rotatable bonds is 6. The molecule has 0 unspecified atom stereocenters. The number of nitro groups is 1. The van der Waals surface area contributed by atoms with E-state index in [1.807, 2.05) is 54.8 Å². The summed E-state index contributed by atoms with van der Waals surface area (Å²) < 4.78 is 7.70. The van der Waals surface area contributed by atoms with E-state index in [2.05, 4.69) is 10.5 Å². The van der Waals surface area contributed by atoms with Gasteiger partial charge in [-0.2, -0.15) is 5.10 Å². The fourth-order valence-corrected chi connectivity index (χ4v) is 3.51. The Morgan fingerprint density at radius 1 is 1.06 bits per heavy atom. The van der Waals surface area contributed by atoms with Gasteiger partial charge in [-0.1, -0.05) is 18.2 Å². The molecule has 0 fully saturated rings. The van der Waals surface area contributed by atoms with E-state index in [-0.39, 0.29) is 11.6 Å². The highest BCUT2D eigenvalue weighted by atomic mass is 16.6.